The number of hydrogen-bond acceptors (Lipinski definition) is 7. The Morgan fingerprint density at radius 1 is 1.29 bits per heavy atom. The maximum Gasteiger partial charge on any atom is 0.315 e. The summed E-state index contributed by atoms with van der Waals surface area (Å²) in [5.74, 6) is -2.08. The van der Waals surface area contributed by atoms with Crippen molar-refractivity contribution >= 4 is 17.7 Å². The van der Waals surface area contributed by atoms with E-state index in [4.69, 9.17) is 5.26 Å². The molecule has 0 saturated carbocycles. The number of carbonyl (C=O) groups excluding carboxylic acids is 1. The molecule has 0 atom stereocenters. The van der Waals surface area contributed by atoms with Crippen LogP contribution in [0.5, 0.6) is 11.5 Å². The van der Waals surface area contributed by atoms with Gasteiger partial charge in [0.25, 0.3) is 5.91 Å². The summed E-state index contributed by atoms with van der Waals surface area (Å²) in [6.45, 7) is 6.84. The van der Waals surface area contributed by atoms with E-state index < -0.39 is 28.0 Å². The highest BCUT2D eigenvalue weighted by Crippen LogP contribution is 2.36. The van der Waals surface area contributed by atoms with Crippen LogP contribution in [0.15, 0.2) is 17.7 Å². The molecule has 28 heavy (non-hydrogen) atoms. The molecule has 152 valence electrons. The normalized spacial score (nSPS) is 13.7. The third-order valence-electron chi connectivity index (χ3n) is 4.21. The van der Waals surface area contributed by atoms with Gasteiger partial charge in [-0.1, -0.05) is 6.42 Å². The third-order valence-corrected chi connectivity index (χ3v) is 4.21. The van der Waals surface area contributed by atoms with Gasteiger partial charge in [0.1, 0.15) is 11.6 Å². The highest BCUT2D eigenvalue weighted by molar-refractivity contribution is 6.01. The number of phenolic OH excluding ortho intramolecular Hbond substituents is 2. The van der Waals surface area contributed by atoms with Crippen molar-refractivity contribution in [2.24, 2.45) is 0 Å². The molecule has 1 amide bonds. The van der Waals surface area contributed by atoms with Crippen molar-refractivity contribution in [2.75, 3.05) is 26.2 Å². The Morgan fingerprint density at radius 2 is 1.89 bits per heavy atom. The van der Waals surface area contributed by atoms with Gasteiger partial charge in [-0.15, -0.1) is 0 Å². The summed E-state index contributed by atoms with van der Waals surface area (Å²) in [6, 6.07) is 3.75. The van der Waals surface area contributed by atoms with Crippen molar-refractivity contribution < 1.29 is 19.9 Å². The van der Waals surface area contributed by atoms with Gasteiger partial charge in [-0.25, -0.2) is 0 Å². The fraction of sp³-hybridized carbons (Fsp3) is 0.474. The second-order valence-electron chi connectivity index (χ2n) is 6.12. The molecule has 3 N–H and O–H groups in total. The van der Waals surface area contributed by atoms with Gasteiger partial charge in [0, 0.05) is 19.2 Å². The van der Waals surface area contributed by atoms with Crippen LogP contribution in [0.4, 0.5) is 5.69 Å². The summed E-state index contributed by atoms with van der Waals surface area (Å²) >= 11 is 0. The van der Waals surface area contributed by atoms with Crippen LogP contribution in [0.1, 0.15) is 38.7 Å². The first-order valence-electron chi connectivity index (χ1n) is 9.17. The number of amides is 1. The van der Waals surface area contributed by atoms with Crippen LogP contribution < -0.4 is 5.32 Å². The van der Waals surface area contributed by atoms with E-state index in [1.807, 2.05) is 0 Å². The van der Waals surface area contributed by atoms with E-state index in [0.717, 1.165) is 18.2 Å². The second kappa shape index (κ2) is 11.6. The second-order valence-corrected chi connectivity index (χ2v) is 6.12. The van der Waals surface area contributed by atoms with Gasteiger partial charge in [0.2, 0.25) is 5.75 Å². The molecule has 1 aliphatic heterocycles. The molecule has 9 nitrogen and oxygen atoms in total. The molecule has 9 heteroatoms. The number of aromatic hydroxyl groups is 2. The summed E-state index contributed by atoms with van der Waals surface area (Å²) in [5, 5.41) is 42.1. The first kappa shape index (κ1) is 22.9. The predicted octanol–water partition coefficient (Wildman–Crippen LogP) is 2.54. The highest BCUT2D eigenvalue weighted by Gasteiger charge is 2.20. The molecule has 0 aliphatic carbocycles. The van der Waals surface area contributed by atoms with Crippen molar-refractivity contribution in [1.29, 1.82) is 5.26 Å². The number of carbonyl (C=O) groups is 1. The molecular weight excluding hydrogens is 364 g/mol. The Kier molecular flexibility index (Phi) is 9.47. The van der Waals surface area contributed by atoms with Gasteiger partial charge in [-0.3, -0.25) is 14.9 Å². The lowest BCUT2D eigenvalue weighted by Gasteiger charge is -2.17. The maximum absolute atomic E-state index is 12.1. The minimum absolute atomic E-state index is 0.0686. The maximum atomic E-state index is 12.1. The van der Waals surface area contributed by atoms with Gasteiger partial charge in [-0.05, 0) is 57.5 Å². The van der Waals surface area contributed by atoms with Crippen LogP contribution in [0.3, 0.4) is 0 Å². The number of hydrogen-bond donors (Lipinski definition) is 3. The Bertz CT molecular complexity index is 751. The molecule has 1 heterocycles. The molecule has 1 fully saturated rings. The molecule has 0 spiro atoms. The summed E-state index contributed by atoms with van der Waals surface area (Å²) in [7, 11) is 0. The van der Waals surface area contributed by atoms with Gasteiger partial charge in [-0.2, -0.15) is 5.26 Å². The van der Waals surface area contributed by atoms with E-state index in [9.17, 15) is 25.1 Å². The molecular formula is C19H26N4O5. The van der Waals surface area contributed by atoms with Crippen LogP contribution >= 0.6 is 0 Å². The van der Waals surface area contributed by atoms with Crippen molar-refractivity contribution in [3.63, 3.8) is 0 Å². The van der Waals surface area contributed by atoms with Crippen LogP contribution in [0, 0.1) is 21.4 Å². The zero-order valence-corrected chi connectivity index (χ0v) is 16.1. The lowest BCUT2D eigenvalue weighted by Crippen LogP contribution is -2.31. The molecule has 0 radical (unpaired) electrons. The first-order valence-corrected chi connectivity index (χ1v) is 9.17. The number of nitro groups is 1. The number of likely N-dealkylation sites (N-methyl/N-ethyl adjacent to an activating group) is 1. The number of rotatable bonds is 5. The van der Waals surface area contributed by atoms with E-state index in [-0.39, 0.29) is 11.1 Å². The van der Waals surface area contributed by atoms with E-state index >= 15 is 0 Å². The number of nitro benzene ring substituents is 1. The van der Waals surface area contributed by atoms with Crippen molar-refractivity contribution in [3.05, 3.63) is 33.4 Å². The lowest BCUT2D eigenvalue weighted by atomic mass is 10.1. The lowest BCUT2D eigenvalue weighted by molar-refractivity contribution is -0.386. The SMILES string of the molecule is C1CCNCC1.CCN(CC)C(=O)/C(C#N)=C/c1cc(O)c(O)c([N+](=O)[O-])c1. The average Bonchev–Trinajstić information content (AvgIpc) is 2.71. The molecule has 0 aromatic heterocycles. The van der Waals surface area contributed by atoms with E-state index in [1.165, 1.54) is 37.3 Å². The van der Waals surface area contributed by atoms with Gasteiger partial charge in [0.15, 0.2) is 5.75 Å². The number of piperidine rings is 1. The number of nitrogens with one attached hydrogen (secondary N) is 1. The van der Waals surface area contributed by atoms with Gasteiger partial charge in [0.05, 0.1) is 4.92 Å². The van der Waals surface area contributed by atoms with Crippen molar-refractivity contribution in [2.45, 2.75) is 33.1 Å². The summed E-state index contributed by atoms with van der Waals surface area (Å²) < 4.78 is 0. The number of phenols is 2. The molecule has 0 bridgehead atoms. The Hall–Kier alpha value is -3.12. The number of nitriles is 1. The third kappa shape index (κ3) is 6.55. The standard InChI is InChI=1S/C14H15N3O5.C5H11N/c1-3-16(4-2)14(20)10(8-15)5-9-6-11(17(21)22)13(19)12(18)7-9;1-2-4-6-5-3-1/h5-7,18-19H,3-4H2,1-2H3;6H,1-5H2/b10-5+;. The Balaban J connectivity index is 0.000000552. The van der Waals surface area contributed by atoms with Crippen molar-refractivity contribution in [1.82, 2.24) is 10.2 Å². The summed E-state index contributed by atoms with van der Waals surface area (Å²) in [5.41, 5.74) is -0.860. The average molecular weight is 390 g/mol. The van der Waals surface area contributed by atoms with E-state index in [1.54, 1.807) is 19.9 Å². The van der Waals surface area contributed by atoms with Gasteiger partial charge < -0.3 is 20.4 Å². The quantitative estimate of drug-likeness (QED) is 0.231. The Labute approximate surface area is 164 Å². The van der Waals surface area contributed by atoms with Crippen LogP contribution in [-0.4, -0.2) is 52.1 Å². The zero-order chi connectivity index (χ0) is 21.1. The molecule has 0 unspecified atom stereocenters. The zero-order valence-electron chi connectivity index (χ0n) is 16.1. The molecule has 1 aromatic rings. The largest absolute Gasteiger partial charge is 0.504 e. The fourth-order valence-electron chi connectivity index (χ4n) is 2.64. The minimum atomic E-state index is -0.870. The Morgan fingerprint density at radius 3 is 2.29 bits per heavy atom. The highest BCUT2D eigenvalue weighted by atomic mass is 16.6. The number of benzene rings is 1. The monoisotopic (exact) mass is 390 g/mol. The summed E-state index contributed by atoms with van der Waals surface area (Å²) in [6.07, 6.45) is 5.35. The predicted molar refractivity (Wildman–Crippen MR) is 105 cm³/mol. The topological polar surface area (TPSA) is 140 Å². The van der Waals surface area contributed by atoms with Crippen LogP contribution in [0.2, 0.25) is 0 Å². The van der Waals surface area contributed by atoms with Crippen LogP contribution in [-0.2, 0) is 4.79 Å². The van der Waals surface area contributed by atoms with E-state index in [0.29, 0.717) is 13.1 Å². The van der Waals surface area contributed by atoms with Crippen molar-refractivity contribution in [3.8, 4) is 17.6 Å². The molecule has 1 aliphatic rings. The first-order chi connectivity index (χ1) is 13.3. The molecule has 2 rings (SSSR count). The minimum Gasteiger partial charge on any atom is -0.504 e. The number of nitrogens with zero attached hydrogens (tertiary/aromatic N) is 3. The van der Waals surface area contributed by atoms with Gasteiger partial charge >= 0.3 is 5.69 Å². The smallest absolute Gasteiger partial charge is 0.315 e. The van der Waals surface area contributed by atoms with Crippen LogP contribution in [0.25, 0.3) is 6.08 Å². The fourth-order valence-corrected chi connectivity index (χ4v) is 2.64. The molecule has 1 aromatic carbocycles. The van der Waals surface area contributed by atoms with E-state index in [2.05, 4.69) is 5.32 Å². The molecule has 1 saturated heterocycles. The summed E-state index contributed by atoms with van der Waals surface area (Å²) in [4.78, 5) is 23.4.